The number of hydrogen-bond acceptors (Lipinski definition) is 3. The predicted octanol–water partition coefficient (Wildman–Crippen LogP) is 1.77. The van der Waals surface area contributed by atoms with Gasteiger partial charge in [-0.25, -0.2) is 0 Å². The van der Waals surface area contributed by atoms with Crippen LogP contribution in [-0.2, 0) is 9.59 Å². The minimum absolute atomic E-state index is 0.490. The Morgan fingerprint density at radius 1 is 1.16 bits per heavy atom. The molecule has 4 atom stereocenters. The number of rotatable bonds is 3. The largest absolute Gasteiger partial charge is 0.481 e. The molecule has 0 aliphatic carbocycles. The summed E-state index contributed by atoms with van der Waals surface area (Å²) in [5.41, 5.74) is 0.729. The molecule has 0 spiro atoms. The number of halogens is 1. The number of hydrogen-bond donors (Lipinski definition) is 3. The number of carboxylic acids is 2. The minimum atomic E-state index is -1.03. The molecule has 0 unspecified atom stereocenters. The maximum absolute atomic E-state index is 11.4. The van der Waals surface area contributed by atoms with Crippen LogP contribution in [0.2, 0.25) is 5.02 Å². The lowest BCUT2D eigenvalue weighted by atomic mass is 9.86. The van der Waals surface area contributed by atoms with E-state index in [0.717, 1.165) is 5.56 Å². The average molecular weight is 284 g/mol. The summed E-state index contributed by atoms with van der Waals surface area (Å²) < 4.78 is 0. The van der Waals surface area contributed by atoms with Crippen molar-refractivity contribution in [2.45, 2.75) is 19.0 Å². The highest BCUT2D eigenvalue weighted by molar-refractivity contribution is 6.30. The molecule has 0 radical (unpaired) electrons. The van der Waals surface area contributed by atoms with Crippen molar-refractivity contribution in [3.63, 3.8) is 0 Å². The Morgan fingerprint density at radius 2 is 1.74 bits per heavy atom. The van der Waals surface area contributed by atoms with Gasteiger partial charge in [0.2, 0.25) is 0 Å². The molecule has 2 rings (SSSR count). The number of aliphatic carboxylic acids is 2. The van der Waals surface area contributed by atoms with E-state index >= 15 is 0 Å². The maximum atomic E-state index is 11.4. The molecule has 1 heterocycles. The van der Waals surface area contributed by atoms with Crippen LogP contribution in [0.3, 0.4) is 0 Å². The van der Waals surface area contributed by atoms with Gasteiger partial charge < -0.3 is 10.2 Å². The normalized spacial score (nSPS) is 30.2. The van der Waals surface area contributed by atoms with Crippen LogP contribution in [0.15, 0.2) is 24.3 Å². The van der Waals surface area contributed by atoms with Crippen LogP contribution in [0.25, 0.3) is 0 Å². The van der Waals surface area contributed by atoms with Crippen LogP contribution in [0, 0.1) is 11.8 Å². The van der Waals surface area contributed by atoms with E-state index in [1.165, 1.54) is 0 Å². The third-order valence-electron chi connectivity index (χ3n) is 3.59. The lowest BCUT2D eigenvalue weighted by molar-refractivity contribution is -0.144. The summed E-state index contributed by atoms with van der Waals surface area (Å²) in [5.74, 6) is -3.29. The summed E-state index contributed by atoms with van der Waals surface area (Å²) in [5, 5.41) is 21.9. The van der Waals surface area contributed by atoms with Gasteiger partial charge in [0.25, 0.3) is 0 Å². The van der Waals surface area contributed by atoms with Crippen LogP contribution in [-0.4, -0.2) is 28.2 Å². The molecule has 0 amide bonds. The molecule has 102 valence electrons. The maximum Gasteiger partial charge on any atom is 0.321 e. The molecular formula is C13H14ClNO4. The molecule has 0 saturated carbocycles. The first-order valence-electron chi connectivity index (χ1n) is 5.89. The fourth-order valence-electron chi connectivity index (χ4n) is 2.60. The van der Waals surface area contributed by atoms with Gasteiger partial charge in [0.15, 0.2) is 0 Å². The number of benzene rings is 1. The van der Waals surface area contributed by atoms with Gasteiger partial charge in [-0.05, 0) is 23.6 Å². The molecular weight excluding hydrogens is 270 g/mol. The zero-order chi connectivity index (χ0) is 14.2. The smallest absolute Gasteiger partial charge is 0.321 e. The Balaban J connectivity index is 2.35. The fraction of sp³-hybridized carbons (Fsp3) is 0.385. The highest BCUT2D eigenvalue weighted by atomic mass is 35.5. The van der Waals surface area contributed by atoms with E-state index in [-0.39, 0.29) is 0 Å². The van der Waals surface area contributed by atoms with E-state index in [2.05, 4.69) is 5.32 Å². The molecule has 0 aromatic heterocycles. The van der Waals surface area contributed by atoms with Crippen molar-refractivity contribution in [2.75, 3.05) is 0 Å². The zero-order valence-electron chi connectivity index (χ0n) is 10.2. The lowest BCUT2D eigenvalue weighted by Crippen LogP contribution is -2.35. The Kier molecular flexibility index (Phi) is 3.78. The predicted molar refractivity (Wildman–Crippen MR) is 69.0 cm³/mol. The second-order valence-corrected chi connectivity index (χ2v) is 5.17. The van der Waals surface area contributed by atoms with Crippen molar-refractivity contribution in [3.05, 3.63) is 34.9 Å². The number of carboxylic acid groups (broad SMARTS) is 2. The second-order valence-electron chi connectivity index (χ2n) is 4.73. The number of nitrogens with one attached hydrogen (secondary N) is 1. The molecule has 1 aromatic carbocycles. The van der Waals surface area contributed by atoms with Crippen LogP contribution in [0.5, 0.6) is 0 Å². The van der Waals surface area contributed by atoms with E-state index in [9.17, 15) is 14.7 Å². The molecule has 3 N–H and O–H groups in total. The van der Waals surface area contributed by atoms with Crippen LogP contribution >= 0.6 is 11.6 Å². The van der Waals surface area contributed by atoms with Gasteiger partial charge in [-0.15, -0.1) is 0 Å². The number of carbonyl (C=O) groups is 2. The first-order valence-corrected chi connectivity index (χ1v) is 6.26. The zero-order valence-corrected chi connectivity index (χ0v) is 11.0. The summed E-state index contributed by atoms with van der Waals surface area (Å²) in [7, 11) is 0. The van der Waals surface area contributed by atoms with Gasteiger partial charge in [-0.1, -0.05) is 30.7 Å². The summed E-state index contributed by atoms with van der Waals surface area (Å²) in [6.07, 6.45) is 0. The Labute approximate surface area is 115 Å². The molecule has 19 heavy (non-hydrogen) atoms. The Hall–Kier alpha value is -1.59. The minimum Gasteiger partial charge on any atom is -0.481 e. The summed E-state index contributed by atoms with van der Waals surface area (Å²) in [6, 6.07) is 5.37. The third-order valence-corrected chi connectivity index (χ3v) is 3.84. The first-order chi connectivity index (χ1) is 8.91. The monoisotopic (exact) mass is 283 g/mol. The van der Waals surface area contributed by atoms with Crippen molar-refractivity contribution in [2.24, 2.45) is 11.8 Å². The van der Waals surface area contributed by atoms with Crippen LogP contribution in [0.4, 0.5) is 0 Å². The second kappa shape index (κ2) is 5.19. The lowest BCUT2D eigenvalue weighted by Gasteiger charge is -2.18. The molecule has 1 aromatic rings. The van der Waals surface area contributed by atoms with Gasteiger partial charge in [-0.3, -0.25) is 14.9 Å². The van der Waals surface area contributed by atoms with Crippen molar-refractivity contribution < 1.29 is 19.8 Å². The molecule has 6 heteroatoms. The molecule has 5 nitrogen and oxygen atoms in total. The molecule has 1 aliphatic rings. The van der Waals surface area contributed by atoms with Crippen molar-refractivity contribution >= 4 is 23.5 Å². The van der Waals surface area contributed by atoms with Gasteiger partial charge in [0.1, 0.15) is 6.04 Å². The molecule has 0 bridgehead atoms. The first kappa shape index (κ1) is 13.8. The van der Waals surface area contributed by atoms with E-state index in [1.807, 2.05) is 0 Å². The van der Waals surface area contributed by atoms with Gasteiger partial charge >= 0.3 is 11.9 Å². The Morgan fingerprint density at radius 3 is 2.21 bits per heavy atom. The Bertz CT molecular complexity index is 502. The van der Waals surface area contributed by atoms with Crippen molar-refractivity contribution in [3.8, 4) is 0 Å². The highest BCUT2D eigenvalue weighted by Crippen LogP contribution is 2.37. The van der Waals surface area contributed by atoms with E-state index in [1.54, 1.807) is 31.2 Å². The SMILES string of the molecule is C[C@H]1[C@@H](C(=O)O)[C@@H](c2ccc(Cl)cc2)N[C@H]1C(=O)O. The van der Waals surface area contributed by atoms with E-state index in [4.69, 9.17) is 16.7 Å². The fourth-order valence-corrected chi connectivity index (χ4v) is 2.72. The third kappa shape index (κ3) is 2.57. The average Bonchev–Trinajstić information content (AvgIpc) is 2.68. The summed E-state index contributed by atoms with van der Waals surface area (Å²) in [6.45, 7) is 1.64. The van der Waals surface area contributed by atoms with E-state index < -0.39 is 35.9 Å². The van der Waals surface area contributed by atoms with Gasteiger partial charge in [0, 0.05) is 11.1 Å². The van der Waals surface area contributed by atoms with E-state index in [0.29, 0.717) is 5.02 Å². The van der Waals surface area contributed by atoms with Crippen molar-refractivity contribution in [1.82, 2.24) is 5.32 Å². The topological polar surface area (TPSA) is 86.6 Å². The molecule has 1 saturated heterocycles. The molecule has 1 fully saturated rings. The van der Waals surface area contributed by atoms with Gasteiger partial charge in [-0.2, -0.15) is 0 Å². The van der Waals surface area contributed by atoms with Gasteiger partial charge in [0.05, 0.1) is 5.92 Å². The molecule has 1 aliphatic heterocycles. The van der Waals surface area contributed by atoms with Crippen LogP contribution in [0.1, 0.15) is 18.5 Å². The summed E-state index contributed by atoms with van der Waals surface area (Å²) in [4.78, 5) is 22.5. The van der Waals surface area contributed by atoms with Crippen molar-refractivity contribution in [1.29, 1.82) is 0 Å². The quantitative estimate of drug-likeness (QED) is 0.787. The summed E-state index contributed by atoms with van der Waals surface area (Å²) >= 11 is 5.79. The van der Waals surface area contributed by atoms with Crippen LogP contribution < -0.4 is 5.32 Å². The highest BCUT2D eigenvalue weighted by Gasteiger charge is 2.47. The standard InChI is InChI=1S/C13H14ClNO4/c1-6-9(12(16)17)11(15-10(6)13(18)19)7-2-4-8(14)5-3-7/h2-6,9-11,15H,1H3,(H,16,17)(H,18,19)/t6-,9+,10+,11+/m0/s1.